The molecule has 1 amide bonds. The van der Waals surface area contributed by atoms with Crippen LogP contribution in [0, 0.1) is 23.2 Å². The van der Waals surface area contributed by atoms with E-state index in [0.29, 0.717) is 11.3 Å². The van der Waals surface area contributed by atoms with Crippen LogP contribution < -0.4 is 5.32 Å². The van der Waals surface area contributed by atoms with Gasteiger partial charge in [0, 0.05) is 12.1 Å². The lowest BCUT2D eigenvalue weighted by Gasteiger charge is -2.27. The number of aliphatic hydroxyl groups is 1. The molecule has 27 heavy (non-hydrogen) atoms. The molecule has 1 aliphatic carbocycles. The Morgan fingerprint density at radius 1 is 1.30 bits per heavy atom. The highest BCUT2D eigenvalue weighted by atomic mass is 35.5. The maximum absolute atomic E-state index is 12.9. The Bertz CT molecular complexity index is 965. The summed E-state index contributed by atoms with van der Waals surface area (Å²) in [6.07, 6.45) is 2.03. The second kappa shape index (κ2) is 7.45. The van der Waals surface area contributed by atoms with Crippen molar-refractivity contribution < 1.29 is 9.90 Å². The highest BCUT2D eigenvalue weighted by molar-refractivity contribution is 6.32. The van der Waals surface area contributed by atoms with Crippen molar-refractivity contribution in [2.24, 2.45) is 0 Å². The number of benzene rings is 2. The van der Waals surface area contributed by atoms with E-state index in [0.717, 1.165) is 18.4 Å². The number of carbonyl (C=O) groups is 1. The van der Waals surface area contributed by atoms with Crippen molar-refractivity contribution >= 4 is 23.2 Å². The van der Waals surface area contributed by atoms with Gasteiger partial charge in [-0.25, -0.2) is 0 Å². The lowest BCUT2D eigenvalue weighted by molar-refractivity contribution is -0.130. The fraction of sp³-hybridized carbons (Fsp3) is 0.273. The van der Waals surface area contributed by atoms with Gasteiger partial charge in [0.2, 0.25) is 5.60 Å². The molecule has 1 saturated carbocycles. The highest BCUT2D eigenvalue weighted by Gasteiger charge is 2.52. The fourth-order valence-electron chi connectivity index (χ4n) is 3.31. The fourth-order valence-corrected chi connectivity index (χ4v) is 3.53. The predicted molar refractivity (Wildman–Crippen MR) is 105 cm³/mol. The third kappa shape index (κ3) is 3.98. The first-order valence-electron chi connectivity index (χ1n) is 8.65. The largest absolute Gasteiger partial charge is 0.369 e. The third-order valence-corrected chi connectivity index (χ3v) is 5.20. The van der Waals surface area contributed by atoms with Crippen LogP contribution in [0.2, 0.25) is 5.02 Å². The van der Waals surface area contributed by atoms with Crippen LogP contribution in [0.4, 0.5) is 5.69 Å². The van der Waals surface area contributed by atoms with Gasteiger partial charge in [-0.2, -0.15) is 5.26 Å². The van der Waals surface area contributed by atoms with Gasteiger partial charge in [0.15, 0.2) is 0 Å². The Morgan fingerprint density at radius 3 is 2.56 bits per heavy atom. The molecule has 1 aliphatic rings. The minimum absolute atomic E-state index is 0.223. The normalized spacial score (nSPS) is 16.2. The standard InChI is InChI=1S/C22H19ClN2O2/c1-2-10-22(27,15-21(11-12-21)17-6-4-3-5-7-17)20(26)25-18-9-8-16(14-24)19(23)13-18/h3-9,13,27H,11-12,15H2,1H3,(H,25,26). The van der Waals surface area contributed by atoms with E-state index in [4.69, 9.17) is 16.9 Å². The summed E-state index contributed by atoms with van der Waals surface area (Å²) in [5, 5.41) is 22.9. The van der Waals surface area contributed by atoms with E-state index in [9.17, 15) is 9.90 Å². The number of nitrogens with zero attached hydrogens (tertiary/aromatic N) is 1. The molecule has 1 atom stereocenters. The SMILES string of the molecule is CC#CC(O)(CC1(c2ccccc2)CC1)C(=O)Nc1ccc(C#N)c(Cl)c1. The summed E-state index contributed by atoms with van der Waals surface area (Å²) in [7, 11) is 0. The summed E-state index contributed by atoms with van der Waals surface area (Å²) in [6.45, 7) is 1.60. The minimum Gasteiger partial charge on any atom is -0.369 e. The van der Waals surface area contributed by atoms with Gasteiger partial charge >= 0.3 is 0 Å². The average molecular weight is 379 g/mol. The van der Waals surface area contributed by atoms with Crippen molar-refractivity contribution in [1.29, 1.82) is 5.26 Å². The van der Waals surface area contributed by atoms with E-state index in [-0.39, 0.29) is 16.9 Å². The summed E-state index contributed by atoms with van der Waals surface area (Å²) in [5.41, 5.74) is -0.222. The van der Waals surface area contributed by atoms with E-state index < -0.39 is 11.5 Å². The van der Waals surface area contributed by atoms with Crippen molar-refractivity contribution in [2.75, 3.05) is 5.32 Å². The average Bonchev–Trinajstić information content (AvgIpc) is 3.43. The molecule has 0 heterocycles. The van der Waals surface area contributed by atoms with Crippen LogP contribution in [0.5, 0.6) is 0 Å². The number of anilines is 1. The molecule has 0 aromatic heterocycles. The van der Waals surface area contributed by atoms with E-state index in [1.165, 1.54) is 12.1 Å². The molecule has 1 unspecified atom stereocenters. The molecule has 2 N–H and O–H groups in total. The number of nitriles is 1. The topological polar surface area (TPSA) is 73.1 Å². The number of rotatable bonds is 5. The smallest absolute Gasteiger partial charge is 0.269 e. The quantitative estimate of drug-likeness (QED) is 0.771. The summed E-state index contributed by atoms with van der Waals surface area (Å²) in [5.74, 6) is 4.77. The molecule has 0 saturated heterocycles. The lowest BCUT2D eigenvalue weighted by Crippen LogP contribution is -2.44. The summed E-state index contributed by atoms with van der Waals surface area (Å²) < 4.78 is 0. The predicted octanol–water partition coefficient (Wildman–Crippen LogP) is 4.03. The van der Waals surface area contributed by atoms with Crippen molar-refractivity contribution in [3.63, 3.8) is 0 Å². The Balaban J connectivity index is 1.84. The molecule has 136 valence electrons. The van der Waals surface area contributed by atoms with Crippen LogP contribution in [0.1, 0.15) is 37.3 Å². The molecule has 0 bridgehead atoms. The molecular weight excluding hydrogens is 360 g/mol. The maximum Gasteiger partial charge on any atom is 0.269 e. The number of amides is 1. The third-order valence-electron chi connectivity index (χ3n) is 4.89. The molecule has 4 nitrogen and oxygen atoms in total. The van der Waals surface area contributed by atoms with Crippen molar-refractivity contribution in [2.45, 2.75) is 37.2 Å². The van der Waals surface area contributed by atoms with Crippen LogP contribution in [-0.2, 0) is 10.2 Å². The Kier molecular flexibility index (Phi) is 5.24. The highest BCUT2D eigenvalue weighted by Crippen LogP contribution is 2.53. The number of nitrogens with one attached hydrogen (secondary N) is 1. The van der Waals surface area contributed by atoms with Crippen LogP contribution in [-0.4, -0.2) is 16.6 Å². The molecule has 2 aromatic rings. The van der Waals surface area contributed by atoms with Gasteiger partial charge in [-0.05, 0) is 48.9 Å². The number of carbonyl (C=O) groups excluding carboxylic acids is 1. The molecule has 0 aliphatic heterocycles. The van der Waals surface area contributed by atoms with E-state index in [1.54, 1.807) is 13.0 Å². The Morgan fingerprint density at radius 2 is 2.00 bits per heavy atom. The van der Waals surface area contributed by atoms with Gasteiger partial charge in [0.05, 0.1) is 10.6 Å². The van der Waals surface area contributed by atoms with Crippen LogP contribution in [0.3, 0.4) is 0 Å². The lowest BCUT2D eigenvalue weighted by atomic mass is 9.83. The molecule has 2 aromatic carbocycles. The number of hydrogen-bond donors (Lipinski definition) is 2. The Hall–Kier alpha value is -2.79. The van der Waals surface area contributed by atoms with Crippen molar-refractivity contribution in [3.05, 3.63) is 64.7 Å². The molecular formula is C22H19ClN2O2. The van der Waals surface area contributed by atoms with Gasteiger partial charge in [0.25, 0.3) is 5.91 Å². The Labute approximate surface area is 163 Å². The second-order valence-corrected chi connectivity index (χ2v) is 7.23. The summed E-state index contributed by atoms with van der Waals surface area (Å²) in [6, 6.07) is 16.4. The van der Waals surface area contributed by atoms with Crippen molar-refractivity contribution in [1.82, 2.24) is 0 Å². The summed E-state index contributed by atoms with van der Waals surface area (Å²) in [4.78, 5) is 12.9. The van der Waals surface area contributed by atoms with Crippen LogP contribution >= 0.6 is 11.6 Å². The molecule has 1 fully saturated rings. The second-order valence-electron chi connectivity index (χ2n) is 6.82. The zero-order chi connectivity index (χ0) is 19.5. The monoisotopic (exact) mass is 378 g/mol. The first kappa shape index (κ1) is 19.0. The van der Waals surface area contributed by atoms with Gasteiger partial charge in [0.1, 0.15) is 6.07 Å². The zero-order valence-corrected chi connectivity index (χ0v) is 15.7. The molecule has 0 radical (unpaired) electrons. The zero-order valence-electron chi connectivity index (χ0n) is 14.9. The van der Waals surface area contributed by atoms with Crippen LogP contribution in [0.25, 0.3) is 0 Å². The van der Waals surface area contributed by atoms with Gasteiger partial charge in [-0.15, -0.1) is 5.92 Å². The first-order valence-corrected chi connectivity index (χ1v) is 9.03. The van der Waals surface area contributed by atoms with E-state index in [1.807, 2.05) is 36.4 Å². The molecule has 5 heteroatoms. The first-order chi connectivity index (χ1) is 12.9. The van der Waals surface area contributed by atoms with E-state index in [2.05, 4.69) is 17.2 Å². The number of hydrogen-bond acceptors (Lipinski definition) is 3. The van der Waals surface area contributed by atoms with Gasteiger partial charge in [-0.1, -0.05) is 47.9 Å². The molecule has 0 spiro atoms. The van der Waals surface area contributed by atoms with E-state index >= 15 is 0 Å². The van der Waals surface area contributed by atoms with Gasteiger partial charge < -0.3 is 10.4 Å². The van der Waals surface area contributed by atoms with Crippen molar-refractivity contribution in [3.8, 4) is 17.9 Å². The minimum atomic E-state index is -1.82. The maximum atomic E-state index is 12.9. The number of halogens is 1. The van der Waals surface area contributed by atoms with Crippen LogP contribution in [0.15, 0.2) is 48.5 Å². The molecule has 3 rings (SSSR count). The van der Waals surface area contributed by atoms with Gasteiger partial charge in [-0.3, -0.25) is 4.79 Å². The summed E-state index contributed by atoms with van der Waals surface area (Å²) >= 11 is 6.02.